The summed E-state index contributed by atoms with van der Waals surface area (Å²) in [5.74, 6) is 0. The van der Waals surface area contributed by atoms with Crippen molar-refractivity contribution >= 4 is 0 Å². The number of hydrogen-bond acceptors (Lipinski definition) is 1. The highest BCUT2D eigenvalue weighted by atomic mass is 15.2. The first-order valence-corrected chi connectivity index (χ1v) is 5.01. The lowest BCUT2D eigenvalue weighted by molar-refractivity contribution is -0.669. The summed E-state index contributed by atoms with van der Waals surface area (Å²) in [7, 11) is 0. The van der Waals surface area contributed by atoms with Crippen LogP contribution in [0.2, 0.25) is 0 Å². The molecule has 0 saturated carbocycles. The van der Waals surface area contributed by atoms with Crippen molar-refractivity contribution in [1.29, 1.82) is 0 Å². The monoisotopic (exact) mass is 155 g/mol. The molecule has 2 aliphatic rings. The van der Waals surface area contributed by atoms with E-state index >= 15 is 0 Å². The second-order valence-corrected chi connectivity index (χ2v) is 3.93. The van der Waals surface area contributed by atoms with Crippen molar-refractivity contribution in [3.63, 3.8) is 0 Å². The number of rotatable bonds is 2. The number of hydrogen-bond donors (Lipinski definition) is 1. The Kier molecular flexibility index (Phi) is 2.44. The van der Waals surface area contributed by atoms with Crippen LogP contribution in [0.1, 0.15) is 25.7 Å². The van der Waals surface area contributed by atoms with Gasteiger partial charge in [0.25, 0.3) is 0 Å². The Labute approximate surface area is 69.0 Å². The van der Waals surface area contributed by atoms with E-state index in [4.69, 9.17) is 0 Å². The van der Waals surface area contributed by atoms with Gasteiger partial charge in [-0.1, -0.05) is 0 Å². The summed E-state index contributed by atoms with van der Waals surface area (Å²) in [6.45, 7) is 5.47. The van der Waals surface area contributed by atoms with Crippen molar-refractivity contribution in [2.75, 3.05) is 26.2 Å². The van der Waals surface area contributed by atoms with Gasteiger partial charge >= 0.3 is 0 Å². The zero-order chi connectivity index (χ0) is 7.52. The van der Waals surface area contributed by atoms with Gasteiger partial charge in [0.15, 0.2) is 0 Å². The smallest absolute Gasteiger partial charge is 0.0990 e. The second-order valence-electron chi connectivity index (χ2n) is 3.93. The first kappa shape index (κ1) is 7.56. The molecule has 0 bridgehead atoms. The fraction of sp³-hybridized carbons (Fsp3) is 1.00. The van der Waals surface area contributed by atoms with Crippen molar-refractivity contribution in [3.8, 4) is 0 Å². The van der Waals surface area contributed by atoms with Gasteiger partial charge < -0.3 is 5.32 Å². The quantitative estimate of drug-likeness (QED) is 0.586. The van der Waals surface area contributed by atoms with Crippen molar-refractivity contribution in [2.45, 2.75) is 31.7 Å². The molecule has 1 atom stereocenters. The number of nitrogens with zero attached hydrogens (tertiary/aromatic N) is 1. The normalized spacial score (nSPS) is 33.3. The summed E-state index contributed by atoms with van der Waals surface area (Å²) in [6, 6.07) is 0.938. The van der Waals surface area contributed by atoms with Crippen LogP contribution in [0.5, 0.6) is 0 Å². The molecule has 0 aromatic rings. The first-order valence-electron chi connectivity index (χ1n) is 5.01. The SMILES string of the molecule is C1C[NH2+][C@H](CN2CCCC2)C1. The minimum absolute atomic E-state index is 0.938. The van der Waals surface area contributed by atoms with Crippen LogP contribution >= 0.6 is 0 Å². The Hall–Kier alpha value is -0.0800. The van der Waals surface area contributed by atoms with E-state index in [0.29, 0.717) is 0 Å². The van der Waals surface area contributed by atoms with Crippen LogP contribution in [0.4, 0.5) is 0 Å². The molecule has 0 spiro atoms. The first-order chi connectivity index (χ1) is 5.45. The molecule has 11 heavy (non-hydrogen) atoms. The highest BCUT2D eigenvalue weighted by Gasteiger charge is 2.22. The van der Waals surface area contributed by atoms with E-state index in [0.717, 1.165) is 6.04 Å². The van der Waals surface area contributed by atoms with Gasteiger partial charge in [-0.3, -0.25) is 4.90 Å². The third-order valence-corrected chi connectivity index (χ3v) is 2.97. The molecule has 64 valence electrons. The number of nitrogens with two attached hydrogens (primary N) is 1. The fourth-order valence-corrected chi connectivity index (χ4v) is 2.31. The maximum absolute atomic E-state index is 2.63. The molecular weight excluding hydrogens is 136 g/mol. The topological polar surface area (TPSA) is 19.9 Å². The number of quaternary nitrogens is 1. The lowest BCUT2D eigenvalue weighted by atomic mass is 10.2. The van der Waals surface area contributed by atoms with Crippen LogP contribution in [-0.2, 0) is 0 Å². The summed E-state index contributed by atoms with van der Waals surface area (Å²) in [4.78, 5) is 2.63. The average molecular weight is 155 g/mol. The van der Waals surface area contributed by atoms with E-state index < -0.39 is 0 Å². The average Bonchev–Trinajstić information content (AvgIpc) is 2.60. The molecule has 2 heteroatoms. The molecule has 0 aromatic carbocycles. The zero-order valence-corrected chi connectivity index (χ0v) is 7.26. The molecule has 2 fully saturated rings. The second kappa shape index (κ2) is 3.55. The molecule has 0 radical (unpaired) electrons. The van der Waals surface area contributed by atoms with Gasteiger partial charge in [0, 0.05) is 12.8 Å². The van der Waals surface area contributed by atoms with Crippen LogP contribution in [0.25, 0.3) is 0 Å². The molecule has 2 nitrogen and oxygen atoms in total. The van der Waals surface area contributed by atoms with E-state index in [1.165, 1.54) is 51.9 Å². The molecule has 2 heterocycles. The van der Waals surface area contributed by atoms with E-state index in [2.05, 4.69) is 10.2 Å². The predicted octanol–water partition coefficient (Wildman–Crippen LogP) is -0.192. The third kappa shape index (κ3) is 1.94. The Bertz CT molecular complexity index is 98.7. The standard InChI is InChI=1S/C9H18N2/c1-2-7-11(6-1)8-9-4-3-5-10-9/h9-10H,1-8H2/p+1/t9-/m0/s1. The lowest BCUT2D eigenvalue weighted by Crippen LogP contribution is -2.88. The van der Waals surface area contributed by atoms with Crippen molar-refractivity contribution in [3.05, 3.63) is 0 Å². The third-order valence-electron chi connectivity index (χ3n) is 2.97. The largest absolute Gasteiger partial charge is 0.343 e. The van der Waals surface area contributed by atoms with Gasteiger partial charge in [0.2, 0.25) is 0 Å². The minimum atomic E-state index is 0.938. The Morgan fingerprint density at radius 1 is 1.18 bits per heavy atom. The summed E-state index contributed by atoms with van der Waals surface area (Å²) in [5, 5.41) is 2.53. The fourth-order valence-electron chi connectivity index (χ4n) is 2.31. The van der Waals surface area contributed by atoms with Gasteiger partial charge in [0.1, 0.15) is 0 Å². The number of likely N-dealkylation sites (tertiary alicyclic amines) is 1. The van der Waals surface area contributed by atoms with Gasteiger partial charge in [-0.2, -0.15) is 0 Å². The van der Waals surface area contributed by atoms with Crippen molar-refractivity contribution in [1.82, 2.24) is 4.90 Å². The van der Waals surface area contributed by atoms with Crippen LogP contribution in [-0.4, -0.2) is 37.1 Å². The molecule has 2 rings (SSSR count). The predicted molar refractivity (Wildman–Crippen MR) is 45.5 cm³/mol. The van der Waals surface area contributed by atoms with Crippen LogP contribution in [0.15, 0.2) is 0 Å². The molecule has 2 N–H and O–H groups in total. The summed E-state index contributed by atoms with van der Waals surface area (Å²) in [6.07, 6.45) is 5.77. The molecular formula is C9H19N2+. The summed E-state index contributed by atoms with van der Waals surface area (Å²) in [5.41, 5.74) is 0. The molecule has 0 unspecified atom stereocenters. The maximum atomic E-state index is 2.63. The zero-order valence-electron chi connectivity index (χ0n) is 7.26. The maximum Gasteiger partial charge on any atom is 0.0990 e. The molecule has 2 saturated heterocycles. The van der Waals surface area contributed by atoms with E-state index in [9.17, 15) is 0 Å². The van der Waals surface area contributed by atoms with E-state index in [1.54, 1.807) is 0 Å². The molecule has 0 aromatic heterocycles. The Morgan fingerprint density at radius 2 is 2.00 bits per heavy atom. The highest BCUT2D eigenvalue weighted by molar-refractivity contribution is 4.71. The summed E-state index contributed by atoms with van der Waals surface area (Å²) >= 11 is 0. The van der Waals surface area contributed by atoms with Crippen LogP contribution in [0, 0.1) is 0 Å². The molecule has 0 amide bonds. The van der Waals surface area contributed by atoms with Crippen molar-refractivity contribution < 1.29 is 5.32 Å². The van der Waals surface area contributed by atoms with Crippen molar-refractivity contribution in [2.24, 2.45) is 0 Å². The van der Waals surface area contributed by atoms with Gasteiger partial charge in [-0.15, -0.1) is 0 Å². The molecule has 2 aliphatic heterocycles. The Morgan fingerprint density at radius 3 is 2.64 bits per heavy atom. The van der Waals surface area contributed by atoms with Crippen LogP contribution in [0.3, 0.4) is 0 Å². The highest BCUT2D eigenvalue weighted by Crippen LogP contribution is 2.09. The van der Waals surface area contributed by atoms with Gasteiger partial charge in [0.05, 0.1) is 19.1 Å². The van der Waals surface area contributed by atoms with Gasteiger partial charge in [-0.25, -0.2) is 0 Å². The Balaban J connectivity index is 1.71. The van der Waals surface area contributed by atoms with Crippen LogP contribution < -0.4 is 5.32 Å². The lowest BCUT2D eigenvalue weighted by Gasteiger charge is -2.16. The van der Waals surface area contributed by atoms with E-state index in [-0.39, 0.29) is 0 Å². The molecule has 0 aliphatic carbocycles. The van der Waals surface area contributed by atoms with Gasteiger partial charge in [-0.05, 0) is 25.9 Å². The minimum Gasteiger partial charge on any atom is -0.343 e. The summed E-state index contributed by atoms with van der Waals surface area (Å²) < 4.78 is 0. The van der Waals surface area contributed by atoms with E-state index in [1.807, 2.05) is 0 Å².